The van der Waals surface area contributed by atoms with Crippen LogP contribution in [0.1, 0.15) is 13.3 Å². The van der Waals surface area contributed by atoms with Gasteiger partial charge in [0.05, 0.1) is 6.61 Å². The summed E-state index contributed by atoms with van der Waals surface area (Å²) >= 11 is 0. The molecule has 0 bridgehead atoms. The van der Waals surface area contributed by atoms with Crippen LogP contribution in [-0.2, 0) is 0 Å². The van der Waals surface area contributed by atoms with Gasteiger partial charge in [0, 0.05) is 0 Å². The molecular formula is C5H9F3O2. The standard InChI is InChI=1S/C5H9F3O2/c1-2-4(10,3-9)5(6,7)8/h9-10H,2-3H2,1H3. The molecule has 2 nitrogen and oxygen atoms in total. The molecule has 2 N–H and O–H groups in total. The Morgan fingerprint density at radius 2 is 1.70 bits per heavy atom. The van der Waals surface area contributed by atoms with E-state index in [0.717, 1.165) is 6.92 Å². The molecule has 0 aromatic rings. The van der Waals surface area contributed by atoms with Crippen molar-refractivity contribution in [2.75, 3.05) is 6.61 Å². The van der Waals surface area contributed by atoms with Gasteiger partial charge in [0.1, 0.15) is 0 Å². The lowest BCUT2D eigenvalue weighted by molar-refractivity contribution is -0.271. The molecule has 1 atom stereocenters. The van der Waals surface area contributed by atoms with Gasteiger partial charge in [-0.15, -0.1) is 0 Å². The third kappa shape index (κ3) is 1.60. The first-order valence-electron chi connectivity index (χ1n) is 2.77. The fourth-order valence-electron chi connectivity index (χ4n) is 0.402. The van der Waals surface area contributed by atoms with Crippen molar-refractivity contribution in [3.63, 3.8) is 0 Å². The highest BCUT2D eigenvalue weighted by molar-refractivity contribution is 4.83. The van der Waals surface area contributed by atoms with Gasteiger partial charge in [-0.05, 0) is 6.42 Å². The highest BCUT2D eigenvalue weighted by atomic mass is 19.4. The molecule has 0 saturated heterocycles. The number of hydrogen-bond donors (Lipinski definition) is 2. The largest absolute Gasteiger partial charge is 0.419 e. The monoisotopic (exact) mass is 158 g/mol. The zero-order chi connectivity index (χ0) is 8.41. The van der Waals surface area contributed by atoms with E-state index < -0.39 is 24.8 Å². The number of rotatable bonds is 2. The minimum Gasteiger partial charge on any atom is -0.393 e. The van der Waals surface area contributed by atoms with Crippen molar-refractivity contribution < 1.29 is 23.4 Å². The fraction of sp³-hybridized carbons (Fsp3) is 1.00. The Morgan fingerprint density at radius 1 is 1.30 bits per heavy atom. The van der Waals surface area contributed by atoms with E-state index in [0.29, 0.717) is 0 Å². The third-order valence-corrected chi connectivity index (χ3v) is 1.37. The average Bonchev–Trinajstić information content (AvgIpc) is 1.84. The van der Waals surface area contributed by atoms with E-state index in [4.69, 9.17) is 10.2 Å². The van der Waals surface area contributed by atoms with Crippen LogP contribution in [0.15, 0.2) is 0 Å². The van der Waals surface area contributed by atoms with Crippen LogP contribution in [0.2, 0.25) is 0 Å². The van der Waals surface area contributed by atoms with Gasteiger partial charge in [0.15, 0.2) is 5.60 Å². The molecule has 0 aromatic carbocycles. The number of alkyl halides is 3. The summed E-state index contributed by atoms with van der Waals surface area (Å²) in [6, 6.07) is 0. The van der Waals surface area contributed by atoms with Crippen LogP contribution in [0.25, 0.3) is 0 Å². The maximum absolute atomic E-state index is 11.7. The Labute approximate surface area is 56.3 Å². The molecule has 0 saturated carbocycles. The Kier molecular flexibility index (Phi) is 2.67. The summed E-state index contributed by atoms with van der Waals surface area (Å²) in [6.07, 6.45) is -5.27. The molecule has 0 rings (SSSR count). The minimum atomic E-state index is -4.74. The van der Waals surface area contributed by atoms with Crippen molar-refractivity contribution in [2.45, 2.75) is 25.1 Å². The lowest BCUT2D eigenvalue weighted by Gasteiger charge is -2.26. The van der Waals surface area contributed by atoms with Gasteiger partial charge < -0.3 is 10.2 Å². The molecule has 0 fully saturated rings. The smallest absolute Gasteiger partial charge is 0.393 e. The van der Waals surface area contributed by atoms with Gasteiger partial charge in [-0.2, -0.15) is 13.2 Å². The number of halogens is 3. The Morgan fingerprint density at radius 3 is 1.70 bits per heavy atom. The summed E-state index contributed by atoms with van der Waals surface area (Å²) in [5.41, 5.74) is -2.92. The SMILES string of the molecule is CCC(O)(CO)C(F)(F)F. The summed E-state index contributed by atoms with van der Waals surface area (Å²) in [5.74, 6) is 0. The van der Waals surface area contributed by atoms with Crippen LogP contribution in [0.4, 0.5) is 13.2 Å². The van der Waals surface area contributed by atoms with E-state index in [1.165, 1.54) is 0 Å². The molecule has 1 unspecified atom stereocenters. The van der Waals surface area contributed by atoms with Crippen molar-refractivity contribution in [3.8, 4) is 0 Å². The molecule has 10 heavy (non-hydrogen) atoms. The van der Waals surface area contributed by atoms with Crippen molar-refractivity contribution in [1.82, 2.24) is 0 Å². The Bertz CT molecular complexity index is 106. The van der Waals surface area contributed by atoms with Crippen LogP contribution in [0.5, 0.6) is 0 Å². The summed E-state index contributed by atoms with van der Waals surface area (Å²) in [5, 5.41) is 16.7. The first kappa shape index (κ1) is 9.71. The summed E-state index contributed by atoms with van der Waals surface area (Å²) in [4.78, 5) is 0. The molecule has 0 aromatic heterocycles. The molecule has 0 aliphatic rings. The highest BCUT2D eigenvalue weighted by Crippen LogP contribution is 2.32. The minimum absolute atomic E-state index is 0.535. The predicted molar refractivity (Wildman–Crippen MR) is 28.4 cm³/mol. The highest BCUT2D eigenvalue weighted by Gasteiger charge is 2.51. The summed E-state index contributed by atoms with van der Waals surface area (Å²) < 4.78 is 35.1. The summed E-state index contributed by atoms with van der Waals surface area (Å²) in [7, 11) is 0. The molecule has 62 valence electrons. The third-order valence-electron chi connectivity index (χ3n) is 1.37. The van der Waals surface area contributed by atoms with Crippen molar-refractivity contribution in [1.29, 1.82) is 0 Å². The Balaban J connectivity index is 4.33. The van der Waals surface area contributed by atoms with Crippen molar-refractivity contribution in [2.24, 2.45) is 0 Å². The first-order chi connectivity index (χ1) is 4.37. The zero-order valence-corrected chi connectivity index (χ0v) is 5.44. The van der Waals surface area contributed by atoms with Gasteiger partial charge >= 0.3 is 6.18 Å². The molecule has 0 radical (unpaired) electrons. The average molecular weight is 158 g/mol. The maximum Gasteiger partial charge on any atom is 0.419 e. The van der Waals surface area contributed by atoms with Gasteiger partial charge in [-0.3, -0.25) is 0 Å². The van der Waals surface area contributed by atoms with Crippen molar-refractivity contribution in [3.05, 3.63) is 0 Å². The lowest BCUT2D eigenvalue weighted by atomic mass is 10.0. The maximum atomic E-state index is 11.7. The van der Waals surface area contributed by atoms with Gasteiger partial charge in [-0.25, -0.2) is 0 Å². The molecule has 5 heteroatoms. The predicted octanol–water partition coefficient (Wildman–Crippen LogP) is 0.682. The second-order valence-corrected chi connectivity index (χ2v) is 2.04. The number of aliphatic hydroxyl groups excluding tert-OH is 1. The van der Waals surface area contributed by atoms with Gasteiger partial charge in [0.2, 0.25) is 0 Å². The number of aliphatic hydroxyl groups is 2. The lowest BCUT2D eigenvalue weighted by Crippen LogP contribution is -2.47. The van der Waals surface area contributed by atoms with E-state index in [2.05, 4.69) is 0 Å². The van der Waals surface area contributed by atoms with Crippen LogP contribution >= 0.6 is 0 Å². The van der Waals surface area contributed by atoms with Crippen LogP contribution in [0.3, 0.4) is 0 Å². The molecule has 0 aliphatic heterocycles. The van der Waals surface area contributed by atoms with Gasteiger partial charge in [0.25, 0.3) is 0 Å². The molecule has 0 amide bonds. The quantitative estimate of drug-likeness (QED) is 0.620. The van der Waals surface area contributed by atoms with Gasteiger partial charge in [-0.1, -0.05) is 6.92 Å². The normalized spacial score (nSPS) is 18.6. The van der Waals surface area contributed by atoms with E-state index in [-0.39, 0.29) is 0 Å². The molecule has 0 heterocycles. The van der Waals surface area contributed by atoms with Crippen LogP contribution < -0.4 is 0 Å². The fourth-order valence-corrected chi connectivity index (χ4v) is 0.402. The second kappa shape index (κ2) is 2.75. The second-order valence-electron chi connectivity index (χ2n) is 2.04. The first-order valence-corrected chi connectivity index (χ1v) is 2.77. The molecular weight excluding hydrogens is 149 g/mol. The van der Waals surface area contributed by atoms with E-state index in [9.17, 15) is 13.2 Å². The zero-order valence-electron chi connectivity index (χ0n) is 5.44. The van der Waals surface area contributed by atoms with E-state index in [1.54, 1.807) is 0 Å². The van der Waals surface area contributed by atoms with Crippen LogP contribution in [-0.4, -0.2) is 28.6 Å². The number of hydrogen-bond acceptors (Lipinski definition) is 2. The van der Waals surface area contributed by atoms with Crippen molar-refractivity contribution >= 4 is 0 Å². The topological polar surface area (TPSA) is 40.5 Å². The summed E-state index contributed by atoms with van der Waals surface area (Å²) in [6.45, 7) is -0.128. The van der Waals surface area contributed by atoms with E-state index >= 15 is 0 Å². The molecule has 0 spiro atoms. The Hall–Kier alpha value is -0.290. The van der Waals surface area contributed by atoms with E-state index in [1.807, 2.05) is 0 Å². The van der Waals surface area contributed by atoms with Crippen LogP contribution in [0, 0.1) is 0 Å². The molecule has 0 aliphatic carbocycles.